The van der Waals surface area contributed by atoms with Gasteiger partial charge in [-0.3, -0.25) is 0 Å². The summed E-state index contributed by atoms with van der Waals surface area (Å²) in [5.74, 6) is 0.698. The molecule has 4 heteroatoms. The van der Waals surface area contributed by atoms with Gasteiger partial charge in [0.25, 0.3) is 0 Å². The van der Waals surface area contributed by atoms with Gasteiger partial charge in [-0.2, -0.15) is 0 Å². The van der Waals surface area contributed by atoms with Crippen LogP contribution in [-0.4, -0.2) is 22.2 Å². The first-order chi connectivity index (χ1) is 10.4. The van der Waals surface area contributed by atoms with Crippen molar-refractivity contribution in [2.75, 3.05) is 11.6 Å². The smallest absolute Gasteiger partial charge is 0.192 e. The molecule has 1 saturated carbocycles. The van der Waals surface area contributed by atoms with Crippen LogP contribution in [0.1, 0.15) is 47.0 Å². The van der Waals surface area contributed by atoms with E-state index in [0.717, 1.165) is 30.2 Å². The van der Waals surface area contributed by atoms with Crippen LogP contribution in [0.25, 0.3) is 0 Å². The van der Waals surface area contributed by atoms with E-state index in [4.69, 9.17) is 12.2 Å². The molecular formula is C18H27N3S. The Morgan fingerprint density at radius 2 is 1.91 bits per heavy atom. The number of rotatable bonds is 2. The molecule has 1 aromatic carbocycles. The summed E-state index contributed by atoms with van der Waals surface area (Å²) < 4.78 is 0. The Bertz CT molecular complexity index is 557. The number of nitrogens with one attached hydrogen (secondary N) is 1. The van der Waals surface area contributed by atoms with Crippen molar-refractivity contribution in [2.45, 2.75) is 52.6 Å². The van der Waals surface area contributed by atoms with Crippen LogP contribution >= 0.6 is 12.2 Å². The van der Waals surface area contributed by atoms with Crippen molar-refractivity contribution >= 4 is 23.0 Å². The minimum absolute atomic E-state index is 0.0388. The molecule has 0 radical (unpaired) electrons. The Balaban J connectivity index is 1.96. The van der Waals surface area contributed by atoms with Gasteiger partial charge in [0, 0.05) is 6.54 Å². The fraction of sp³-hybridized carbons (Fsp3) is 0.611. The molecule has 3 rings (SSSR count). The summed E-state index contributed by atoms with van der Waals surface area (Å²) in [5.41, 5.74) is 5.20. The second-order valence-corrected chi connectivity index (χ2v) is 8.06. The average molecular weight is 318 g/mol. The normalized spacial score (nSPS) is 31.1. The van der Waals surface area contributed by atoms with Gasteiger partial charge in [-0.05, 0) is 61.9 Å². The molecule has 2 fully saturated rings. The number of nitrogens with zero attached hydrogens (tertiary/aromatic N) is 2. The second-order valence-electron chi connectivity index (χ2n) is 7.70. The van der Waals surface area contributed by atoms with Crippen molar-refractivity contribution < 1.29 is 0 Å². The largest absolute Gasteiger partial charge is 0.328 e. The molecule has 0 amide bonds. The van der Waals surface area contributed by atoms with Crippen molar-refractivity contribution in [2.24, 2.45) is 11.3 Å². The summed E-state index contributed by atoms with van der Waals surface area (Å²) in [6.45, 7) is 10.3. The summed E-state index contributed by atoms with van der Waals surface area (Å²) in [5, 5.41) is 3.01. The number of thiocarbonyl (C=S) groups is 1. The maximum Gasteiger partial charge on any atom is 0.192 e. The van der Waals surface area contributed by atoms with Crippen molar-refractivity contribution in [3.8, 4) is 0 Å². The van der Waals surface area contributed by atoms with Gasteiger partial charge in [0.1, 0.15) is 5.66 Å². The Kier molecular flexibility index (Phi) is 3.94. The molecule has 2 aliphatic rings. The van der Waals surface area contributed by atoms with Gasteiger partial charge in [0.15, 0.2) is 5.11 Å². The van der Waals surface area contributed by atoms with E-state index in [0.29, 0.717) is 11.3 Å². The summed E-state index contributed by atoms with van der Waals surface area (Å²) in [7, 11) is 0. The number of hydrogen-bond acceptors (Lipinski definition) is 2. The van der Waals surface area contributed by atoms with Gasteiger partial charge in [0.2, 0.25) is 0 Å². The highest BCUT2D eigenvalue weighted by Crippen LogP contribution is 2.47. The molecular weight excluding hydrogens is 290 g/mol. The third-order valence-corrected chi connectivity index (χ3v) is 5.35. The third kappa shape index (κ3) is 2.63. The first kappa shape index (κ1) is 15.8. The van der Waals surface area contributed by atoms with Crippen LogP contribution in [0.5, 0.6) is 0 Å². The summed E-state index contributed by atoms with van der Waals surface area (Å²) >= 11 is 5.80. The molecule has 0 unspecified atom stereocenters. The van der Waals surface area contributed by atoms with E-state index < -0.39 is 0 Å². The lowest BCUT2D eigenvalue weighted by Gasteiger charge is -2.49. The van der Waals surface area contributed by atoms with Gasteiger partial charge in [-0.25, -0.2) is 10.4 Å². The highest BCUT2D eigenvalue weighted by molar-refractivity contribution is 7.80. The van der Waals surface area contributed by atoms with Crippen LogP contribution in [0.3, 0.4) is 0 Å². The second kappa shape index (κ2) is 5.50. The van der Waals surface area contributed by atoms with Crippen LogP contribution in [0.2, 0.25) is 0 Å². The highest BCUT2D eigenvalue weighted by atomic mass is 32.1. The fourth-order valence-corrected chi connectivity index (χ4v) is 5.08. The average Bonchev–Trinajstić information content (AvgIpc) is 2.69. The van der Waals surface area contributed by atoms with E-state index in [-0.39, 0.29) is 5.66 Å². The van der Waals surface area contributed by atoms with Gasteiger partial charge >= 0.3 is 0 Å². The predicted molar refractivity (Wildman–Crippen MR) is 96.6 cm³/mol. The van der Waals surface area contributed by atoms with Gasteiger partial charge < -0.3 is 4.90 Å². The van der Waals surface area contributed by atoms with E-state index >= 15 is 0 Å². The zero-order valence-electron chi connectivity index (χ0n) is 14.1. The van der Waals surface area contributed by atoms with Crippen LogP contribution in [0, 0.1) is 11.3 Å². The molecule has 1 N–H and O–H groups in total. The molecule has 3 nitrogen and oxygen atoms in total. The van der Waals surface area contributed by atoms with Crippen LogP contribution in [0.4, 0.5) is 5.69 Å². The minimum atomic E-state index is -0.0388. The summed E-state index contributed by atoms with van der Waals surface area (Å²) in [6.07, 6.45) is 3.56. The Morgan fingerprint density at radius 1 is 1.23 bits per heavy atom. The number of anilines is 1. The van der Waals surface area contributed by atoms with E-state index in [1.165, 1.54) is 6.42 Å². The van der Waals surface area contributed by atoms with Gasteiger partial charge in [-0.1, -0.05) is 39.0 Å². The van der Waals surface area contributed by atoms with Gasteiger partial charge in [0.05, 0.1) is 5.69 Å². The first-order valence-corrected chi connectivity index (χ1v) is 8.72. The molecule has 22 heavy (non-hydrogen) atoms. The van der Waals surface area contributed by atoms with E-state index in [1.54, 1.807) is 0 Å². The Labute approximate surface area is 139 Å². The van der Waals surface area contributed by atoms with Crippen LogP contribution in [0.15, 0.2) is 30.3 Å². The monoisotopic (exact) mass is 317 g/mol. The molecule has 1 aliphatic carbocycles. The lowest BCUT2D eigenvalue weighted by Crippen LogP contribution is -2.58. The quantitative estimate of drug-likeness (QED) is 0.825. The Morgan fingerprint density at radius 3 is 2.50 bits per heavy atom. The third-order valence-electron chi connectivity index (χ3n) is 4.95. The number of hydrazine groups is 1. The molecule has 0 aromatic heterocycles. The van der Waals surface area contributed by atoms with Crippen molar-refractivity contribution in [3.63, 3.8) is 0 Å². The molecule has 0 bridgehead atoms. The van der Waals surface area contributed by atoms with Crippen molar-refractivity contribution in [1.82, 2.24) is 10.3 Å². The van der Waals surface area contributed by atoms with Crippen LogP contribution < -0.4 is 10.4 Å². The maximum absolute atomic E-state index is 5.80. The lowest BCUT2D eigenvalue weighted by molar-refractivity contribution is 0.0183. The van der Waals surface area contributed by atoms with Gasteiger partial charge in [-0.15, -0.1) is 0 Å². The molecule has 1 spiro atoms. The van der Waals surface area contributed by atoms with E-state index in [9.17, 15) is 0 Å². The SMILES string of the molecule is CCN1C(=S)N(c2ccccc2)N[C@]12C[C@H](C)CC(C)(C)C2. The molecule has 1 heterocycles. The molecule has 1 saturated heterocycles. The van der Waals surface area contributed by atoms with E-state index in [2.05, 4.69) is 67.3 Å². The number of para-hydroxylation sites is 1. The topological polar surface area (TPSA) is 18.5 Å². The first-order valence-electron chi connectivity index (χ1n) is 8.31. The molecule has 1 aliphatic heterocycles. The number of benzene rings is 1. The maximum atomic E-state index is 5.80. The van der Waals surface area contributed by atoms with Crippen LogP contribution in [-0.2, 0) is 0 Å². The molecule has 1 aromatic rings. The molecule has 2 atom stereocenters. The summed E-state index contributed by atoms with van der Waals surface area (Å²) in [6, 6.07) is 10.4. The predicted octanol–water partition coefficient (Wildman–Crippen LogP) is 4.16. The number of hydrogen-bond donors (Lipinski definition) is 1. The molecule has 120 valence electrons. The lowest BCUT2D eigenvalue weighted by atomic mass is 9.67. The fourth-order valence-electron chi connectivity index (χ4n) is 4.63. The van der Waals surface area contributed by atoms with Crippen molar-refractivity contribution in [3.05, 3.63) is 30.3 Å². The van der Waals surface area contributed by atoms with E-state index in [1.807, 2.05) is 6.07 Å². The highest BCUT2D eigenvalue weighted by Gasteiger charge is 2.52. The zero-order chi connectivity index (χ0) is 16.0. The van der Waals surface area contributed by atoms with Crippen molar-refractivity contribution in [1.29, 1.82) is 0 Å². The summed E-state index contributed by atoms with van der Waals surface area (Å²) in [4.78, 5) is 2.40. The standard InChI is InChI=1S/C18H27N3S/c1-5-20-16(22)21(15-9-7-6-8-10-15)19-18(20)12-14(2)11-17(3,4)13-18/h6-10,14,19H,5,11-13H2,1-4H3/t14-,18-/m1/s1. The minimum Gasteiger partial charge on any atom is -0.328 e. The Hall–Kier alpha value is -1.13. The zero-order valence-corrected chi connectivity index (χ0v) is 14.9.